The third-order valence-corrected chi connectivity index (χ3v) is 5.96. The van der Waals surface area contributed by atoms with Gasteiger partial charge >= 0.3 is 5.97 Å². The van der Waals surface area contributed by atoms with Crippen molar-refractivity contribution in [3.8, 4) is 5.75 Å². The number of aryl methyl sites for hydroxylation is 1. The molecule has 0 spiro atoms. The molecule has 0 saturated heterocycles. The number of esters is 1. The summed E-state index contributed by atoms with van der Waals surface area (Å²) in [6.07, 6.45) is 4.84. The van der Waals surface area contributed by atoms with Gasteiger partial charge in [0, 0.05) is 5.69 Å². The van der Waals surface area contributed by atoms with Crippen LogP contribution in [0.2, 0.25) is 0 Å². The minimum atomic E-state index is -0.551. The van der Waals surface area contributed by atoms with E-state index in [0.717, 1.165) is 37.7 Å². The molecule has 0 aliphatic heterocycles. The van der Waals surface area contributed by atoms with E-state index in [9.17, 15) is 9.59 Å². The average Bonchev–Trinajstić information content (AvgIpc) is 2.78. The molecule has 166 valence electrons. The molecule has 0 radical (unpaired) electrons. The van der Waals surface area contributed by atoms with E-state index in [0.29, 0.717) is 29.5 Å². The number of rotatable bonds is 7. The van der Waals surface area contributed by atoms with Crippen molar-refractivity contribution in [2.24, 2.45) is 5.92 Å². The number of hydrogen-bond donors (Lipinski definition) is 1. The highest BCUT2D eigenvalue weighted by atomic mass is 16.5. The molecule has 0 heterocycles. The van der Waals surface area contributed by atoms with Crippen molar-refractivity contribution in [1.29, 1.82) is 0 Å². The van der Waals surface area contributed by atoms with Gasteiger partial charge in [-0.05, 0) is 49.4 Å². The van der Waals surface area contributed by atoms with Crippen LogP contribution in [0.15, 0.2) is 42.5 Å². The Morgan fingerprint density at radius 1 is 1.03 bits per heavy atom. The number of benzene rings is 2. The van der Waals surface area contributed by atoms with E-state index in [1.54, 1.807) is 18.2 Å². The molecule has 31 heavy (non-hydrogen) atoms. The van der Waals surface area contributed by atoms with Crippen molar-refractivity contribution >= 4 is 17.6 Å². The molecule has 1 saturated carbocycles. The lowest BCUT2D eigenvalue weighted by molar-refractivity contribution is -0.122. The zero-order valence-electron chi connectivity index (χ0n) is 19.0. The number of anilines is 1. The van der Waals surface area contributed by atoms with Crippen LogP contribution in [0, 0.1) is 12.8 Å². The van der Waals surface area contributed by atoms with Gasteiger partial charge in [0.05, 0.1) is 19.1 Å². The number of ether oxygens (including phenoxy) is 2. The zero-order valence-corrected chi connectivity index (χ0v) is 19.0. The lowest BCUT2D eigenvalue weighted by Gasteiger charge is -2.36. The number of nitrogens with one attached hydrogen (secondary N) is 1. The van der Waals surface area contributed by atoms with Gasteiger partial charge in [0.15, 0.2) is 0 Å². The highest BCUT2D eigenvalue weighted by molar-refractivity contribution is 6.01. The first-order valence-electron chi connectivity index (χ1n) is 11.1. The summed E-state index contributed by atoms with van der Waals surface area (Å²) in [5.74, 6) is 0.276. The van der Waals surface area contributed by atoms with Gasteiger partial charge in [-0.2, -0.15) is 0 Å². The van der Waals surface area contributed by atoms with Crippen LogP contribution in [0.3, 0.4) is 0 Å². The van der Waals surface area contributed by atoms with Gasteiger partial charge in [-0.3, -0.25) is 4.79 Å². The van der Waals surface area contributed by atoms with Crippen LogP contribution in [0.25, 0.3) is 0 Å². The maximum absolute atomic E-state index is 13.6. The third-order valence-electron chi connectivity index (χ3n) is 5.96. The van der Waals surface area contributed by atoms with E-state index in [1.807, 2.05) is 13.8 Å². The fraction of sp³-hybridized carbons (Fsp3) is 0.462. The molecule has 5 nitrogen and oxygen atoms in total. The van der Waals surface area contributed by atoms with Crippen LogP contribution < -0.4 is 10.1 Å². The molecule has 2 aromatic rings. The minimum absolute atomic E-state index is 0.0253. The first-order chi connectivity index (χ1) is 14.9. The van der Waals surface area contributed by atoms with Crippen LogP contribution in [0.1, 0.15) is 67.4 Å². The predicted octanol–water partition coefficient (Wildman–Crippen LogP) is 5.66. The summed E-state index contributed by atoms with van der Waals surface area (Å²) in [6, 6.07) is 13.4. The van der Waals surface area contributed by atoms with Crippen LogP contribution in [-0.2, 0) is 14.9 Å². The van der Waals surface area contributed by atoms with E-state index in [4.69, 9.17) is 9.47 Å². The van der Waals surface area contributed by atoms with Gasteiger partial charge in [-0.15, -0.1) is 0 Å². The smallest absolute Gasteiger partial charge is 0.341 e. The number of amides is 1. The van der Waals surface area contributed by atoms with Crippen molar-refractivity contribution in [3.05, 3.63) is 59.2 Å². The Bertz CT molecular complexity index is 912. The Balaban J connectivity index is 1.89. The topological polar surface area (TPSA) is 64.6 Å². The highest BCUT2D eigenvalue weighted by Gasteiger charge is 2.41. The Morgan fingerprint density at radius 2 is 1.71 bits per heavy atom. The Morgan fingerprint density at radius 3 is 2.32 bits per heavy atom. The van der Waals surface area contributed by atoms with Crippen molar-refractivity contribution in [2.75, 3.05) is 19.0 Å². The summed E-state index contributed by atoms with van der Waals surface area (Å²) in [7, 11) is 1.34. The zero-order chi connectivity index (χ0) is 22.4. The van der Waals surface area contributed by atoms with Crippen molar-refractivity contribution in [3.63, 3.8) is 0 Å². The predicted molar refractivity (Wildman–Crippen MR) is 123 cm³/mol. The van der Waals surface area contributed by atoms with Crippen LogP contribution in [0.5, 0.6) is 5.75 Å². The standard InChI is InChI=1S/C26H33NO4/c1-18(2)17-31-23-13-12-21(16-22(23)24(28)30-4)27-25(29)26(14-6-5-7-15-26)20-10-8-19(3)9-11-20/h8-13,16,18H,5-7,14-15,17H2,1-4H3,(H,27,29). The van der Waals surface area contributed by atoms with Gasteiger partial charge in [0.2, 0.25) is 5.91 Å². The van der Waals surface area contributed by atoms with Crippen LogP contribution in [0.4, 0.5) is 5.69 Å². The number of carbonyl (C=O) groups excluding carboxylic acids is 2. The molecular formula is C26H33NO4. The molecule has 1 aliphatic carbocycles. The van der Waals surface area contributed by atoms with E-state index in [-0.39, 0.29) is 5.91 Å². The molecular weight excluding hydrogens is 390 g/mol. The second-order valence-electron chi connectivity index (χ2n) is 8.87. The molecule has 0 bridgehead atoms. The molecule has 1 aliphatic rings. The Kier molecular flexibility index (Phi) is 7.37. The fourth-order valence-electron chi connectivity index (χ4n) is 4.19. The van der Waals surface area contributed by atoms with Crippen molar-refractivity contribution in [2.45, 2.75) is 58.3 Å². The second-order valence-corrected chi connectivity index (χ2v) is 8.87. The van der Waals surface area contributed by atoms with Gasteiger partial charge in [-0.1, -0.05) is 62.9 Å². The van der Waals surface area contributed by atoms with Gasteiger partial charge in [0.25, 0.3) is 0 Å². The largest absolute Gasteiger partial charge is 0.492 e. The Hall–Kier alpha value is -2.82. The second kappa shape index (κ2) is 9.99. The maximum Gasteiger partial charge on any atom is 0.341 e. The maximum atomic E-state index is 13.6. The van der Waals surface area contributed by atoms with Gasteiger partial charge in [-0.25, -0.2) is 4.79 Å². The number of carbonyl (C=O) groups is 2. The van der Waals surface area contributed by atoms with Crippen molar-refractivity contribution in [1.82, 2.24) is 0 Å². The molecule has 1 N–H and O–H groups in total. The molecule has 0 unspecified atom stereocenters. The Labute approximate surface area is 185 Å². The van der Waals surface area contributed by atoms with E-state index >= 15 is 0 Å². The molecule has 0 atom stereocenters. The first kappa shape index (κ1) is 22.9. The van der Waals surface area contributed by atoms with Crippen LogP contribution >= 0.6 is 0 Å². The summed E-state index contributed by atoms with van der Waals surface area (Å²) in [5.41, 5.74) is 2.56. The fourth-order valence-corrected chi connectivity index (χ4v) is 4.19. The molecule has 0 aromatic heterocycles. The lowest BCUT2D eigenvalue weighted by Crippen LogP contribution is -2.42. The minimum Gasteiger partial charge on any atom is -0.492 e. The lowest BCUT2D eigenvalue weighted by atomic mass is 9.68. The molecule has 3 rings (SSSR count). The molecule has 1 fully saturated rings. The summed E-state index contributed by atoms with van der Waals surface area (Å²) < 4.78 is 10.7. The molecule has 2 aromatic carbocycles. The number of methoxy groups -OCH3 is 1. The molecule has 5 heteroatoms. The number of hydrogen-bond acceptors (Lipinski definition) is 4. The average molecular weight is 424 g/mol. The molecule has 1 amide bonds. The summed E-state index contributed by atoms with van der Waals surface area (Å²) >= 11 is 0. The van der Waals surface area contributed by atoms with E-state index in [2.05, 4.69) is 36.5 Å². The quantitative estimate of drug-likeness (QED) is 0.584. The monoisotopic (exact) mass is 423 g/mol. The van der Waals surface area contributed by atoms with E-state index in [1.165, 1.54) is 12.7 Å². The van der Waals surface area contributed by atoms with Crippen LogP contribution in [-0.4, -0.2) is 25.6 Å². The van der Waals surface area contributed by atoms with E-state index < -0.39 is 11.4 Å². The summed E-state index contributed by atoms with van der Waals surface area (Å²) in [6.45, 7) is 6.63. The summed E-state index contributed by atoms with van der Waals surface area (Å²) in [4.78, 5) is 25.9. The van der Waals surface area contributed by atoms with Gasteiger partial charge < -0.3 is 14.8 Å². The van der Waals surface area contributed by atoms with Crippen molar-refractivity contribution < 1.29 is 19.1 Å². The van der Waals surface area contributed by atoms with Gasteiger partial charge in [0.1, 0.15) is 11.3 Å². The third kappa shape index (κ3) is 5.27. The first-order valence-corrected chi connectivity index (χ1v) is 11.1. The normalized spacial score (nSPS) is 15.4. The summed E-state index contributed by atoms with van der Waals surface area (Å²) in [5, 5.41) is 3.07. The highest BCUT2D eigenvalue weighted by Crippen LogP contribution is 2.41. The SMILES string of the molecule is COC(=O)c1cc(NC(=O)C2(c3ccc(C)cc3)CCCCC2)ccc1OCC(C)C.